The van der Waals surface area contributed by atoms with Crippen molar-refractivity contribution in [3.63, 3.8) is 0 Å². The molecule has 0 saturated carbocycles. The summed E-state index contributed by atoms with van der Waals surface area (Å²) in [5.74, 6) is -0.243. The van der Waals surface area contributed by atoms with Crippen LogP contribution >= 0.6 is 11.3 Å². The van der Waals surface area contributed by atoms with Crippen LogP contribution in [0.5, 0.6) is 0 Å². The molecule has 106 valence electrons. The smallest absolute Gasteiger partial charge is 0.123 e. The molecule has 2 aromatic carbocycles. The summed E-state index contributed by atoms with van der Waals surface area (Å²) in [5.41, 5.74) is 6.72. The highest BCUT2D eigenvalue weighted by atomic mass is 32.1. The fraction of sp³-hybridized carbons (Fsp3) is 0. The lowest BCUT2D eigenvalue weighted by Crippen LogP contribution is -1.89. The van der Waals surface area contributed by atoms with Crippen molar-refractivity contribution in [2.75, 3.05) is 0 Å². The Morgan fingerprint density at radius 2 is 1.68 bits per heavy atom. The van der Waals surface area contributed by atoms with Crippen LogP contribution in [0, 0.1) is 5.82 Å². The normalized spacial score (nSPS) is 11.0. The van der Waals surface area contributed by atoms with E-state index in [1.807, 2.05) is 29.8 Å². The Hall–Kier alpha value is -2.59. The standard InChI is InChI=1S/C18H11FN2S/c19-14-6-3-12(4-7-14)18-15(2-1-9-20-18)13-5-8-16-17(10-13)22-11-21-16/h1-11H. The fourth-order valence-corrected chi connectivity index (χ4v) is 3.22. The van der Waals surface area contributed by atoms with Crippen LogP contribution in [0.4, 0.5) is 4.39 Å². The first kappa shape index (κ1) is 13.1. The van der Waals surface area contributed by atoms with Crippen LogP contribution in [-0.2, 0) is 0 Å². The number of halogens is 1. The first-order valence-corrected chi connectivity index (χ1v) is 7.74. The lowest BCUT2D eigenvalue weighted by molar-refractivity contribution is 0.628. The Labute approximate surface area is 130 Å². The van der Waals surface area contributed by atoms with E-state index in [9.17, 15) is 4.39 Å². The molecule has 0 bridgehead atoms. The van der Waals surface area contributed by atoms with Crippen LogP contribution in [0.3, 0.4) is 0 Å². The molecule has 0 saturated heterocycles. The Morgan fingerprint density at radius 3 is 2.55 bits per heavy atom. The predicted octanol–water partition coefficient (Wildman–Crippen LogP) is 5.16. The van der Waals surface area contributed by atoms with Crippen molar-refractivity contribution in [1.29, 1.82) is 0 Å². The van der Waals surface area contributed by atoms with Crippen LogP contribution in [0.1, 0.15) is 0 Å². The number of fused-ring (bicyclic) bond motifs is 1. The number of thiazole rings is 1. The maximum absolute atomic E-state index is 13.1. The predicted molar refractivity (Wildman–Crippen MR) is 88.2 cm³/mol. The van der Waals surface area contributed by atoms with Gasteiger partial charge >= 0.3 is 0 Å². The molecule has 0 amide bonds. The number of hydrogen-bond acceptors (Lipinski definition) is 3. The summed E-state index contributed by atoms with van der Waals surface area (Å²) in [5, 5.41) is 0. The molecular formula is C18H11FN2S. The minimum atomic E-state index is -0.243. The second kappa shape index (κ2) is 5.31. The van der Waals surface area contributed by atoms with E-state index in [-0.39, 0.29) is 5.82 Å². The Kier molecular flexibility index (Phi) is 3.16. The summed E-state index contributed by atoms with van der Waals surface area (Å²) in [4.78, 5) is 8.79. The van der Waals surface area contributed by atoms with Gasteiger partial charge in [0.25, 0.3) is 0 Å². The number of pyridine rings is 1. The molecule has 0 aliphatic carbocycles. The summed E-state index contributed by atoms with van der Waals surface area (Å²) in [6.07, 6.45) is 1.76. The van der Waals surface area contributed by atoms with Gasteiger partial charge in [-0.25, -0.2) is 9.37 Å². The van der Waals surface area contributed by atoms with E-state index in [0.29, 0.717) is 0 Å². The molecule has 0 radical (unpaired) electrons. The largest absolute Gasteiger partial charge is 0.256 e. The highest BCUT2D eigenvalue weighted by Crippen LogP contribution is 2.32. The van der Waals surface area contributed by atoms with Crippen LogP contribution < -0.4 is 0 Å². The van der Waals surface area contributed by atoms with Crippen molar-refractivity contribution in [1.82, 2.24) is 9.97 Å². The van der Waals surface area contributed by atoms with Crippen molar-refractivity contribution in [3.05, 3.63) is 72.1 Å². The van der Waals surface area contributed by atoms with Gasteiger partial charge in [-0.1, -0.05) is 12.1 Å². The van der Waals surface area contributed by atoms with Crippen LogP contribution in [0.15, 0.2) is 66.3 Å². The van der Waals surface area contributed by atoms with Crippen LogP contribution in [0.2, 0.25) is 0 Å². The molecule has 0 aliphatic rings. The Morgan fingerprint density at radius 1 is 0.864 bits per heavy atom. The summed E-state index contributed by atoms with van der Waals surface area (Å²) in [6, 6.07) is 16.6. The van der Waals surface area contributed by atoms with E-state index in [1.165, 1.54) is 12.1 Å². The average Bonchev–Trinajstić information content (AvgIpc) is 3.03. The summed E-state index contributed by atoms with van der Waals surface area (Å²) in [7, 11) is 0. The van der Waals surface area contributed by atoms with Crippen molar-refractivity contribution in [2.24, 2.45) is 0 Å². The third-order valence-corrected chi connectivity index (χ3v) is 4.36. The molecule has 2 aromatic heterocycles. The zero-order valence-corrected chi connectivity index (χ0v) is 12.3. The molecule has 0 aliphatic heterocycles. The minimum absolute atomic E-state index is 0.243. The molecule has 0 spiro atoms. The van der Waals surface area contributed by atoms with Crippen molar-refractivity contribution in [3.8, 4) is 22.4 Å². The van der Waals surface area contributed by atoms with Gasteiger partial charge in [0.2, 0.25) is 0 Å². The van der Waals surface area contributed by atoms with Gasteiger partial charge in [0, 0.05) is 17.3 Å². The SMILES string of the molecule is Fc1ccc(-c2ncccc2-c2ccc3ncsc3c2)cc1. The molecule has 0 unspecified atom stereocenters. The van der Waals surface area contributed by atoms with Gasteiger partial charge < -0.3 is 0 Å². The molecule has 2 nitrogen and oxygen atoms in total. The fourth-order valence-electron chi connectivity index (χ4n) is 2.50. The molecule has 4 rings (SSSR count). The van der Waals surface area contributed by atoms with Gasteiger partial charge in [0.05, 0.1) is 21.4 Å². The zero-order valence-electron chi connectivity index (χ0n) is 11.5. The van der Waals surface area contributed by atoms with Crippen molar-refractivity contribution < 1.29 is 4.39 Å². The highest BCUT2D eigenvalue weighted by Gasteiger charge is 2.09. The topological polar surface area (TPSA) is 25.8 Å². The van der Waals surface area contributed by atoms with Gasteiger partial charge in [0.1, 0.15) is 5.82 Å². The van der Waals surface area contributed by atoms with Crippen molar-refractivity contribution in [2.45, 2.75) is 0 Å². The van der Waals surface area contributed by atoms with Gasteiger partial charge in [-0.3, -0.25) is 4.98 Å². The van der Waals surface area contributed by atoms with Crippen LogP contribution in [-0.4, -0.2) is 9.97 Å². The van der Waals surface area contributed by atoms with E-state index in [0.717, 1.165) is 32.6 Å². The van der Waals surface area contributed by atoms with E-state index in [1.54, 1.807) is 29.7 Å². The lowest BCUT2D eigenvalue weighted by atomic mass is 9.99. The number of benzene rings is 2. The summed E-state index contributed by atoms with van der Waals surface area (Å²) >= 11 is 1.62. The van der Waals surface area contributed by atoms with Gasteiger partial charge in [0.15, 0.2) is 0 Å². The minimum Gasteiger partial charge on any atom is -0.256 e. The Balaban J connectivity index is 1.89. The number of rotatable bonds is 2. The summed E-state index contributed by atoms with van der Waals surface area (Å²) < 4.78 is 14.3. The van der Waals surface area contributed by atoms with Crippen LogP contribution in [0.25, 0.3) is 32.6 Å². The first-order valence-electron chi connectivity index (χ1n) is 6.86. The molecular weight excluding hydrogens is 295 g/mol. The second-order valence-electron chi connectivity index (χ2n) is 4.94. The highest BCUT2D eigenvalue weighted by molar-refractivity contribution is 7.16. The van der Waals surface area contributed by atoms with Gasteiger partial charge in [-0.15, -0.1) is 11.3 Å². The molecule has 22 heavy (non-hydrogen) atoms. The van der Waals surface area contributed by atoms with Gasteiger partial charge in [-0.2, -0.15) is 0 Å². The Bertz CT molecular complexity index is 945. The summed E-state index contributed by atoms with van der Waals surface area (Å²) in [6.45, 7) is 0. The number of aromatic nitrogens is 2. The monoisotopic (exact) mass is 306 g/mol. The van der Waals surface area contributed by atoms with E-state index in [4.69, 9.17) is 0 Å². The molecule has 4 heteroatoms. The quantitative estimate of drug-likeness (QED) is 0.511. The average molecular weight is 306 g/mol. The molecule has 0 N–H and O–H groups in total. The number of hydrogen-bond donors (Lipinski definition) is 0. The third-order valence-electron chi connectivity index (χ3n) is 3.57. The van der Waals surface area contributed by atoms with E-state index in [2.05, 4.69) is 16.0 Å². The molecule has 0 atom stereocenters. The molecule has 0 fully saturated rings. The van der Waals surface area contributed by atoms with Crippen molar-refractivity contribution >= 4 is 21.6 Å². The zero-order chi connectivity index (χ0) is 14.9. The van der Waals surface area contributed by atoms with E-state index >= 15 is 0 Å². The first-order chi connectivity index (χ1) is 10.8. The third kappa shape index (κ3) is 2.27. The van der Waals surface area contributed by atoms with Gasteiger partial charge in [-0.05, 0) is 48.0 Å². The lowest BCUT2D eigenvalue weighted by Gasteiger charge is -2.09. The maximum Gasteiger partial charge on any atom is 0.123 e. The second-order valence-corrected chi connectivity index (χ2v) is 5.83. The maximum atomic E-state index is 13.1. The van der Waals surface area contributed by atoms with E-state index < -0.39 is 0 Å². The molecule has 2 heterocycles. The number of nitrogens with zero attached hydrogens (tertiary/aromatic N) is 2. The molecule has 4 aromatic rings.